The van der Waals surface area contributed by atoms with Crippen LogP contribution in [0.25, 0.3) is 0 Å². The van der Waals surface area contributed by atoms with Crippen LogP contribution in [0, 0.1) is 0 Å². The second-order valence-electron chi connectivity index (χ2n) is 4.40. The summed E-state index contributed by atoms with van der Waals surface area (Å²) in [7, 11) is 0. The largest absolute Gasteiger partial charge is 0.341 e. The number of rotatable bonds is 2. The maximum absolute atomic E-state index is 11.7. The lowest BCUT2D eigenvalue weighted by Crippen LogP contribution is -2.45. The number of aromatic nitrogens is 2. The molecule has 0 radical (unpaired) electrons. The van der Waals surface area contributed by atoms with Crippen LogP contribution in [0.3, 0.4) is 0 Å². The summed E-state index contributed by atoms with van der Waals surface area (Å²) in [5, 5.41) is 6.95. The quantitative estimate of drug-likeness (QED) is 0.763. The van der Waals surface area contributed by atoms with E-state index in [1.807, 2.05) is 11.0 Å². The number of H-pyrrole nitrogens is 1. The van der Waals surface area contributed by atoms with Gasteiger partial charge in [-0.05, 0) is 25.8 Å². The van der Waals surface area contributed by atoms with Gasteiger partial charge in [-0.15, -0.1) is 0 Å². The molecule has 16 heavy (non-hydrogen) atoms. The minimum Gasteiger partial charge on any atom is -0.341 e. The predicted octanol–water partition coefficient (Wildman–Crippen LogP) is 0.463. The molecule has 5 nitrogen and oxygen atoms in total. The molecule has 0 saturated carbocycles. The molecule has 0 spiro atoms. The Kier molecular flexibility index (Phi) is 3.24. The van der Waals surface area contributed by atoms with Crippen molar-refractivity contribution in [2.75, 3.05) is 13.1 Å². The van der Waals surface area contributed by atoms with Crippen molar-refractivity contribution in [3.05, 3.63) is 18.0 Å². The second kappa shape index (κ2) is 4.65. The maximum Gasteiger partial charge on any atom is 0.239 e. The van der Waals surface area contributed by atoms with E-state index in [0.29, 0.717) is 5.92 Å². The highest BCUT2D eigenvalue weighted by Crippen LogP contribution is 2.26. The van der Waals surface area contributed by atoms with E-state index in [1.165, 1.54) is 5.69 Å². The standard InChI is InChI=1S/C11H18N4O/c1-8(12)11(16)15-6-3-9(4-7-15)10-2-5-13-14-10/h2,5,8-9H,3-4,6-7,12H2,1H3,(H,13,14)/t8-/m1/s1. The molecule has 1 aromatic rings. The van der Waals surface area contributed by atoms with Gasteiger partial charge < -0.3 is 10.6 Å². The summed E-state index contributed by atoms with van der Waals surface area (Å²) in [6.45, 7) is 3.33. The molecule has 1 fully saturated rings. The van der Waals surface area contributed by atoms with Gasteiger partial charge in [0.2, 0.25) is 5.91 Å². The van der Waals surface area contributed by atoms with E-state index < -0.39 is 0 Å². The minimum atomic E-state index is -0.385. The van der Waals surface area contributed by atoms with Crippen molar-refractivity contribution in [1.29, 1.82) is 0 Å². The van der Waals surface area contributed by atoms with Gasteiger partial charge in [0, 0.05) is 30.9 Å². The van der Waals surface area contributed by atoms with Gasteiger partial charge >= 0.3 is 0 Å². The molecule has 2 rings (SSSR count). The second-order valence-corrected chi connectivity index (χ2v) is 4.40. The van der Waals surface area contributed by atoms with Gasteiger partial charge in [-0.1, -0.05) is 0 Å². The highest BCUT2D eigenvalue weighted by molar-refractivity contribution is 5.81. The molecule has 1 aliphatic heterocycles. The molecule has 1 aromatic heterocycles. The van der Waals surface area contributed by atoms with E-state index in [0.717, 1.165) is 25.9 Å². The summed E-state index contributed by atoms with van der Waals surface area (Å²) in [6.07, 6.45) is 3.75. The third-order valence-corrected chi connectivity index (χ3v) is 3.16. The molecule has 5 heteroatoms. The molecule has 0 aromatic carbocycles. The number of nitrogens with one attached hydrogen (secondary N) is 1. The molecule has 0 aliphatic carbocycles. The topological polar surface area (TPSA) is 75.0 Å². The number of aromatic amines is 1. The Balaban J connectivity index is 1.90. The Morgan fingerprint density at radius 2 is 2.31 bits per heavy atom. The monoisotopic (exact) mass is 222 g/mol. The van der Waals surface area contributed by atoms with Crippen LogP contribution in [0.2, 0.25) is 0 Å². The number of hydrogen-bond donors (Lipinski definition) is 2. The molecule has 1 aliphatic rings. The smallest absolute Gasteiger partial charge is 0.239 e. The number of likely N-dealkylation sites (tertiary alicyclic amines) is 1. The van der Waals surface area contributed by atoms with Crippen molar-refractivity contribution < 1.29 is 4.79 Å². The van der Waals surface area contributed by atoms with Gasteiger partial charge in [0.15, 0.2) is 0 Å². The highest BCUT2D eigenvalue weighted by Gasteiger charge is 2.25. The number of carbonyl (C=O) groups is 1. The molecular weight excluding hydrogens is 204 g/mol. The fraction of sp³-hybridized carbons (Fsp3) is 0.636. The zero-order chi connectivity index (χ0) is 11.5. The van der Waals surface area contributed by atoms with Crippen molar-refractivity contribution >= 4 is 5.91 Å². The van der Waals surface area contributed by atoms with E-state index in [9.17, 15) is 4.79 Å². The van der Waals surface area contributed by atoms with Crippen LogP contribution in [0.15, 0.2) is 12.3 Å². The number of hydrogen-bond acceptors (Lipinski definition) is 3. The van der Waals surface area contributed by atoms with E-state index >= 15 is 0 Å². The highest BCUT2D eigenvalue weighted by atomic mass is 16.2. The van der Waals surface area contributed by atoms with E-state index in [4.69, 9.17) is 5.73 Å². The van der Waals surface area contributed by atoms with Crippen LogP contribution in [0.4, 0.5) is 0 Å². The molecule has 1 amide bonds. The van der Waals surface area contributed by atoms with Crippen molar-refractivity contribution in [2.45, 2.75) is 31.7 Å². The molecular formula is C11H18N4O. The number of piperidine rings is 1. The van der Waals surface area contributed by atoms with Crippen molar-refractivity contribution in [3.63, 3.8) is 0 Å². The first kappa shape index (κ1) is 11.1. The zero-order valence-electron chi connectivity index (χ0n) is 9.52. The molecule has 2 heterocycles. The number of carbonyl (C=O) groups excluding carboxylic acids is 1. The SMILES string of the molecule is C[C@@H](N)C(=O)N1CCC(c2ccn[nH]2)CC1. The molecule has 88 valence electrons. The van der Waals surface area contributed by atoms with E-state index in [1.54, 1.807) is 13.1 Å². The Morgan fingerprint density at radius 1 is 1.62 bits per heavy atom. The fourth-order valence-corrected chi connectivity index (χ4v) is 2.19. The molecule has 3 N–H and O–H groups in total. The van der Waals surface area contributed by atoms with Crippen LogP contribution < -0.4 is 5.73 Å². The average molecular weight is 222 g/mol. The van der Waals surface area contributed by atoms with Gasteiger partial charge in [0.25, 0.3) is 0 Å². The maximum atomic E-state index is 11.7. The third-order valence-electron chi connectivity index (χ3n) is 3.16. The predicted molar refractivity (Wildman–Crippen MR) is 60.8 cm³/mol. The number of nitrogens with zero attached hydrogens (tertiary/aromatic N) is 2. The van der Waals surface area contributed by atoms with Gasteiger partial charge in [-0.25, -0.2) is 0 Å². The van der Waals surface area contributed by atoms with Crippen LogP contribution in [-0.2, 0) is 4.79 Å². The van der Waals surface area contributed by atoms with Gasteiger partial charge in [-0.3, -0.25) is 9.89 Å². The lowest BCUT2D eigenvalue weighted by molar-refractivity contribution is -0.133. The minimum absolute atomic E-state index is 0.0584. The van der Waals surface area contributed by atoms with Gasteiger partial charge in [0.1, 0.15) is 0 Å². The number of amides is 1. The Labute approximate surface area is 95.0 Å². The summed E-state index contributed by atoms with van der Waals surface area (Å²) < 4.78 is 0. The fourth-order valence-electron chi connectivity index (χ4n) is 2.19. The van der Waals surface area contributed by atoms with Crippen LogP contribution in [-0.4, -0.2) is 40.1 Å². The summed E-state index contributed by atoms with van der Waals surface area (Å²) >= 11 is 0. The summed E-state index contributed by atoms with van der Waals surface area (Å²) in [6, 6.07) is 1.62. The zero-order valence-corrected chi connectivity index (χ0v) is 9.52. The molecule has 0 unspecified atom stereocenters. The summed E-state index contributed by atoms with van der Waals surface area (Å²) in [4.78, 5) is 13.5. The molecule has 0 bridgehead atoms. The van der Waals surface area contributed by atoms with Gasteiger partial charge in [-0.2, -0.15) is 5.10 Å². The molecule has 1 saturated heterocycles. The molecule has 1 atom stereocenters. The first-order chi connectivity index (χ1) is 7.68. The summed E-state index contributed by atoms with van der Waals surface area (Å²) in [5.41, 5.74) is 6.76. The van der Waals surface area contributed by atoms with Crippen molar-refractivity contribution in [2.24, 2.45) is 5.73 Å². The van der Waals surface area contributed by atoms with Crippen LogP contribution in [0.5, 0.6) is 0 Å². The van der Waals surface area contributed by atoms with E-state index in [-0.39, 0.29) is 11.9 Å². The first-order valence-electron chi connectivity index (χ1n) is 5.72. The Hall–Kier alpha value is -1.36. The average Bonchev–Trinajstić information content (AvgIpc) is 2.81. The Morgan fingerprint density at radius 3 is 2.81 bits per heavy atom. The lowest BCUT2D eigenvalue weighted by atomic mass is 9.93. The number of nitrogens with two attached hydrogens (primary N) is 1. The van der Waals surface area contributed by atoms with E-state index in [2.05, 4.69) is 10.2 Å². The first-order valence-corrected chi connectivity index (χ1v) is 5.72. The van der Waals surface area contributed by atoms with Crippen molar-refractivity contribution in [1.82, 2.24) is 15.1 Å². The normalized spacial score (nSPS) is 19.8. The lowest BCUT2D eigenvalue weighted by Gasteiger charge is -2.32. The van der Waals surface area contributed by atoms with Gasteiger partial charge in [0.05, 0.1) is 6.04 Å². The third kappa shape index (κ3) is 2.24. The van der Waals surface area contributed by atoms with Crippen molar-refractivity contribution in [3.8, 4) is 0 Å². The summed E-state index contributed by atoms with van der Waals surface area (Å²) in [5.74, 6) is 0.558. The Bertz CT molecular complexity index is 339. The van der Waals surface area contributed by atoms with Crippen LogP contribution in [0.1, 0.15) is 31.4 Å². The van der Waals surface area contributed by atoms with Crippen LogP contribution >= 0.6 is 0 Å².